The maximum atomic E-state index is 12.0. The zero-order valence-corrected chi connectivity index (χ0v) is 11.7. The molecule has 1 rings (SSSR count). The molecule has 0 aliphatic heterocycles. The van der Waals surface area contributed by atoms with Crippen LogP contribution in [0.25, 0.3) is 0 Å². The fourth-order valence-corrected chi connectivity index (χ4v) is 1.64. The Morgan fingerprint density at radius 1 is 1.42 bits per heavy atom. The summed E-state index contributed by atoms with van der Waals surface area (Å²) in [7, 11) is 0. The van der Waals surface area contributed by atoms with E-state index in [1.165, 1.54) is 0 Å². The molecule has 4 nitrogen and oxygen atoms in total. The Bertz CT molecular complexity index is 462. The summed E-state index contributed by atoms with van der Waals surface area (Å²) in [6, 6.07) is 11.3. The Kier molecular flexibility index (Phi) is 5.08. The topological polar surface area (TPSA) is 78.9 Å². The Hall–Kier alpha value is -1.86. The van der Waals surface area contributed by atoms with E-state index in [1.54, 1.807) is 20.8 Å². The van der Waals surface area contributed by atoms with Gasteiger partial charge in [-0.2, -0.15) is 5.26 Å². The Labute approximate surface area is 114 Å². The Balaban J connectivity index is 2.61. The van der Waals surface area contributed by atoms with Crippen LogP contribution in [0.1, 0.15) is 32.4 Å². The van der Waals surface area contributed by atoms with Gasteiger partial charge in [-0.3, -0.25) is 4.79 Å². The lowest BCUT2D eigenvalue weighted by molar-refractivity contribution is -0.125. The molecule has 1 aromatic rings. The van der Waals surface area contributed by atoms with Crippen LogP contribution in [0.4, 0.5) is 0 Å². The summed E-state index contributed by atoms with van der Waals surface area (Å²) >= 11 is 0. The van der Waals surface area contributed by atoms with Crippen LogP contribution in [-0.2, 0) is 4.79 Å². The molecule has 102 valence electrons. The predicted octanol–water partition coefficient (Wildman–Crippen LogP) is 1.99. The van der Waals surface area contributed by atoms with E-state index in [0.29, 0.717) is 6.54 Å². The minimum Gasteiger partial charge on any atom is -0.354 e. The number of rotatable bonds is 5. The van der Waals surface area contributed by atoms with Crippen molar-refractivity contribution in [2.24, 2.45) is 17.1 Å². The molecule has 0 aliphatic carbocycles. The monoisotopic (exact) mass is 259 g/mol. The van der Waals surface area contributed by atoms with Gasteiger partial charge in [-0.05, 0) is 19.4 Å². The zero-order valence-electron chi connectivity index (χ0n) is 11.7. The van der Waals surface area contributed by atoms with E-state index in [2.05, 4.69) is 11.4 Å². The van der Waals surface area contributed by atoms with Crippen LogP contribution in [0, 0.1) is 22.7 Å². The molecule has 0 aromatic heterocycles. The summed E-state index contributed by atoms with van der Waals surface area (Å²) in [5.41, 5.74) is 6.46. The van der Waals surface area contributed by atoms with Crippen LogP contribution in [0.2, 0.25) is 0 Å². The van der Waals surface area contributed by atoms with E-state index in [0.717, 1.165) is 5.56 Å². The lowest BCUT2D eigenvalue weighted by Gasteiger charge is -2.22. The van der Waals surface area contributed by atoms with Crippen molar-refractivity contribution in [3.8, 4) is 6.07 Å². The number of nitrogens with zero attached hydrogens (tertiary/aromatic N) is 1. The molecule has 1 aromatic carbocycles. The molecule has 1 amide bonds. The minimum atomic E-state index is -0.563. The molecule has 0 bridgehead atoms. The number of benzene rings is 1. The van der Waals surface area contributed by atoms with Crippen molar-refractivity contribution in [3.63, 3.8) is 0 Å². The minimum absolute atomic E-state index is 0.125. The van der Waals surface area contributed by atoms with Gasteiger partial charge in [0.2, 0.25) is 5.91 Å². The van der Waals surface area contributed by atoms with Crippen molar-refractivity contribution in [1.29, 1.82) is 5.26 Å². The number of nitrogens with two attached hydrogens (primary N) is 1. The molecule has 0 saturated carbocycles. The third-order valence-corrected chi connectivity index (χ3v) is 3.14. The van der Waals surface area contributed by atoms with Gasteiger partial charge in [0.1, 0.15) is 0 Å². The second-order valence-corrected chi connectivity index (χ2v) is 5.44. The highest BCUT2D eigenvalue weighted by Gasteiger charge is 2.24. The first kappa shape index (κ1) is 15.2. The molecule has 0 saturated heterocycles. The van der Waals surface area contributed by atoms with E-state index in [4.69, 9.17) is 11.0 Å². The molecule has 4 heteroatoms. The van der Waals surface area contributed by atoms with Gasteiger partial charge in [-0.25, -0.2) is 0 Å². The fourth-order valence-electron chi connectivity index (χ4n) is 1.64. The molecule has 0 spiro atoms. The van der Waals surface area contributed by atoms with Gasteiger partial charge in [-0.1, -0.05) is 37.3 Å². The van der Waals surface area contributed by atoms with E-state index in [-0.39, 0.29) is 17.9 Å². The average molecular weight is 259 g/mol. The summed E-state index contributed by atoms with van der Waals surface area (Å²) in [5, 5.41) is 11.7. The van der Waals surface area contributed by atoms with E-state index < -0.39 is 5.41 Å². The van der Waals surface area contributed by atoms with E-state index in [9.17, 15) is 4.79 Å². The van der Waals surface area contributed by atoms with E-state index in [1.807, 2.05) is 30.3 Å². The smallest absolute Gasteiger partial charge is 0.224 e. The second-order valence-electron chi connectivity index (χ2n) is 5.44. The van der Waals surface area contributed by atoms with Crippen LogP contribution >= 0.6 is 0 Å². The van der Waals surface area contributed by atoms with Gasteiger partial charge < -0.3 is 11.1 Å². The predicted molar refractivity (Wildman–Crippen MR) is 74.9 cm³/mol. The van der Waals surface area contributed by atoms with Gasteiger partial charge in [-0.15, -0.1) is 0 Å². The second kappa shape index (κ2) is 6.35. The maximum absolute atomic E-state index is 12.0. The average Bonchev–Trinajstić information content (AvgIpc) is 2.44. The molecule has 2 atom stereocenters. The van der Waals surface area contributed by atoms with Crippen molar-refractivity contribution < 1.29 is 4.79 Å². The van der Waals surface area contributed by atoms with Crippen LogP contribution in [0.3, 0.4) is 0 Å². The molecular formula is C15H21N3O. The Morgan fingerprint density at radius 2 is 2.00 bits per heavy atom. The molecule has 19 heavy (non-hydrogen) atoms. The molecule has 2 unspecified atom stereocenters. The molecular weight excluding hydrogens is 238 g/mol. The first-order valence-corrected chi connectivity index (χ1v) is 6.37. The largest absolute Gasteiger partial charge is 0.354 e. The number of amides is 1. The van der Waals surface area contributed by atoms with Crippen molar-refractivity contribution in [2.75, 3.05) is 6.54 Å². The summed E-state index contributed by atoms with van der Waals surface area (Å²) in [4.78, 5) is 12.0. The van der Waals surface area contributed by atoms with Crippen LogP contribution in [0.5, 0.6) is 0 Å². The van der Waals surface area contributed by atoms with Gasteiger partial charge in [0.05, 0.1) is 17.4 Å². The highest BCUT2D eigenvalue weighted by atomic mass is 16.1. The molecule has 0 aliphatic rings. The molecule has 0 heterocycles. The lowest BCUT2D eigenvalue weighted by atomic mass is 9.93. The van der Waals surface area contributed by atoms with Crippen LogP contribution in [0.15, 0.2) is 30.3 Å². The Morgan fingerprint density at radius 3 is 2.53 bits per heavy atom. The molecule has 0 fully saturated rings. The number of hydrogen-bond donors (Lipinski definition) is 2. The summed E-state index contributed by atoms with van der Waals surface area (Å²) in [6.07, 6.45) is 0. The van der Waals surface area contributed by atoms with Gasteiger partial charge in [0.15, 0.2) is 0 Å². The standard InChI is InChI=1S/C15H21N3O/c1-11(13(17)12-7-5-4-6-8-12)14(19)18-10-15(2,3)9-16/h4-8,11,13H,10,17H2,1-3H3,(H,18,19). The van der Waals surface area contributed by atoms with Crippen molar-refractivity contribution >= 4 is 5.91 Å². The first-order chi connectivity index (χ1) is 8.87. The third-order valence-electron chi connectivity index (χ3n) is 3.14. The number of hydrogen-bond acceptors (Lipinski definition) is 3. The number of carbonyl (C=O) groups is 1. The number of nitrogens with one attached hydrogen (secondary N) is 1. The summed E-state index contributed by atoms with van der Waals surface area (Å²) < 4.78 is 0. The summed E-state index contributed by atoms with van der Waals surface area (Å²) in [5.74, 6) is -0.462. The van der Waals surface area contributed by atoms with Crippen LogP contribution in [-0.4, -0.2) is 12.5 Å². The number of nitriles is 1. The van der Waals surface area contributed by atoms with Crippen molar-refractivity contribution in [2.45, 2.75) is 26.8 Å². The fraction of sp³-hybridized carbons (Fsp3) is 0.467. The molecule has 3 N–H and O–H groups in total. The van der Waals surface area contributed by atoms with Gasteiger partial charge >= 0.3 is 0 Å². The highest BCUT2D eigenvalue weighted by molar-refractivity contribution is 5.79. The SMILES string of the molecule is CC(C(=O)NCC(C)(C)C#N)C(N)c1ccccc1. The van der Waals surface area contributed by atoms with Crippen molar-refractivity contribution in [3.05, 3.63) is 35.9 Å². The first-order valence-electron chi connectivity index (χ1n) is 6.37. The lowest BCUT2D eigenvalue weighted by Crippen LogP contribution is -2.39. The normalized spacial score (nSPS) is 14.3. The summed E-state index contributed by atoms with van der Waals surface area (Å²) in [6.45, 7) is 5.70. The van der Waals surface area contributed by atoms with Crippen molar-refractivity contribution in [1.82, 2.24) is 5.32 Å². The quantitative estimate of drug-likeness (QED) is 0.848. The maximum Gasteiger partial charge on any atom is 0.224 e. The third kappa shape index (κ3) is 4.38. The molecule has 0 radical (unpaired) electrons. The van der Waals surface area contributed by atoms with Gasteiger partial charge in [0, 0.05) is 12.6 Å². The van der Waals surface area contributed by atoms with Gasteiger partial charge in [0.25, 0.3) is 0 Å². The zero-order chi connectivity index (χ0) is 14.5. The van der Waals surface area contributed by atoms with Crippen LogP contribution < -0.4 is 11.1 Å². The van der Waals surface area contributed by atoms with E-state index >= 15 is 0 Å². The highest BCUT2D eigenvalue weighted by Crippen LogP contribution is 2.19. The number of carbonyl (C=O) groups excluding carboxylic acids is 1.